The molecule has 13 heteroatoms. The topological polar surface area (TPSA) is 60.6 Å². The third-order valence-electron chi connectivity index (χ3n) is 20.2. The van der Waals surface area contributed by atoms with E-state index in [1.165, 1.54) is 61.2 Å². The summed E-state index contributed by atoms with van der Waals surface area (Å²) in [5.41, 5.74) is 21.4. The maximum atomic E-state index is 7.11. The summed E-state index contributed by atoms with van der Waals surface area (Å²) in [6, 6.07) is 103. The largest absolute Gasteiger partial charge is 0.457 e. The van der Waals surface area contributed by atoms with Crippen molar-refractivity contribution in [3.8, 4) is 45.3 Å². The van der Waals surface area contributed by atoms with E-state index in [9.17, 15) is 0 Å². The molecule has 16 aromatic rings. The van der Waals surface area contributed by atoms with Crippen LogP contribution in [-0.2, 0) is 5.41 Å². The fraction of sp³-hybridized carbons (Fsp3) is 0.0737. The molecule has 3 aromatic heterocycles. The monoisotopic (exact) mass is 1540 g/mol. The van der Waals surface area contributed by atoms with Gasteiger partial charge in [-0.3, -0.25) is 9.97 Å². The molecule has 2 aliphatic rings. The quantitative estimate of drug-likeness (QED) is 0.114. The van der Waals surface area contributed by atoms with Gasteiger partial charge in [0.15, 0.2) is 11.5 Å². The third kappa shape index (κ3) is 14.3. The summed E-state index contributed by atoms with van der Waals surface area (Å²) in [4.78, 5) is 10.4. The number of nitrogens with zero attached hydrogens (tertiary/aromatic N) is 3. The Bertz CT molecular complexity index is 5730. The van der Waals surface area contributed by atoms with Crippen molar-refractivity contribution in [3.05, 3.63) is 430 Å². The van der Waals surface area contributed by atoms with Gasteiger partial charge in [-0.1, -0.05) is 277 Å². The summed E-state index contributed by atoms with van der Waals surface area (Å²) >= 11 is 47.7. The second kappa shape index (κ2) is 30.9. The van der Waals surface area contributed by atoms with Crippen LogP contribution >= 0.6 is 81.2 Å². The second-order valence-corrected chi connectivity index (χ2v) is 30.2. The maximum Gasteiger partial charge on any atom is 0.151 e. The second-order valence-electron chi connectivity index (χ2n) is 27.3. The summed E-state index contributed by atoms with van der Waals surface area (Å²) in [6.07, 6.45) is 7.47. The Hall–Kier alpha value is -10.6. The van der Waals surface area contributed by atoms with Crippen LogP contribution in [0.1, 0.15) is 98.4 Å². The zero-order valence-corrected chi connectivity index (χ0v) is 63.9. The summed E-state index contributed by atoms with van der Waals surface area (Å²) < 4.78 is 18.5. The molecular formula is C95H66Cl7N3O3. The lowest BCUT2D eigenvalue weighted by Gasteiger charge is -2.34. The van der Waals surface area contributed by atoms with Gasteiger partial charge in [0.25, 0.3) is 0 Å². The highest BCUT2D eigenvalue weighted by atomic mass is 35.5. The first-order valence-electron chi connectivity index (χ1n) is 35.3. The maximum absolute atomic E-state index is 7.11. The summed E-state index contributed by atoms with van der Waals surface area (Å²) in [5, 5.41) is 5.12. The third-order valence-corrected chi connectivity index (χ3v) is 22.2. The van der Waals surface area contributed by atoms with Gasteiger partial charge in [-0.05, 0) is 195 Å². The minimum absolute atomic E-state index is 0.125. The van der Waals surface area contributed by atoms with Gasteiger partial charge in [0.1, 0.15) is 22.7 Å². The molecule has 5 heterocycles. The van der Waals surface area contributed by atoms with Gasteiger partial charge in [0.2, 0.25) is 0 Å². The Balaban J connectivity index is 0.000000125. The molecule has 0 bridgehead atoms. The van der Waals surface area contributed by atoms with Crippen LogP contribution in [-0.4, -0.2) is 9.97 Å². The van der Waals surface area contributed by atoms with Crippen molar-refractivity contribution in [1.82, 2.24) is 9.97 Å². The van der Waals surface area contributed by atoms with Crippen molar-refractivity contribution in [1.29, 1.82) is 0 Å². The van der Waals surface area contributed by atoms with Crippen molar-refractivity contribution in [3.63, 3.8) is 0 Å². The Labute approximate surface area is 662 Å². The van der Waals surface area contributed by atoms with Gasteiger partial charge in [-0.2, -0.15) is 0 Å². The predicted molar refractivity (Wildman–Crippen MR) is 448 cm³/mol. The molecule has 0 amide bonds. The van der Waals surface area contributed by atoms with Gasteiger partial charge < -0.3 is 18.8 Å². The van der Waals surface area contributed by atoms with E-state index in [0.717, 1.165) is 55.9 Å². The number of aryl methyl sites for hydroxylation is 1. The molecule has 0 N–H and O–H groups in total. The van der Waals surface area contributed by atoms with Crippen LogP contribution in [0.15, 0.2) is 333 Å². The van der Waals surface area contributed by atoms with Crippen molar-refractivity contribution in [2.75, 3.05) is 4.90 Å². The van der Waals surface area contributed by atoms with Gasteiger partial charge in [-0.25, -0.2) is 0 Å². The van der Waals surface area contributed by atoms with Gasteiger partial charge >= 0.3 is 0 Å². The Kier molecular flexibility index (Phi) is 20.5. The highest BCUT2D eigenvalue weighted by molar-refractivity contribution is 6.41. The molecule has 0 radical (unpaired) electrons. The lowest BCUT2D eigenvalue weighted by molar-refractivity contribution is 0.418. The van der Waals surface area contributed by atoms with E-state index in [2.05, 4.69) is 224 Å². The van der Waals surface area contributed by atoms with E-state index in [-0.39, 0.29) is 17.3 Å². The zero-order chi connectivity index (χ0) is 74.2. The molecule has 18 rings (SSSR count). The van der Waals surface area contributed by atoms with Crippen LogP contribution < -0.4 is 14.4 Å². The molecule has 0 aliphatic carbocycles. The van der Waals surface area contributed by atoms with Crippen LogP contribution in [0.25, 0.3) is 44.2 Å². The average Bonchev–Trinajstić information content (AvgIpc) is 0.841. The smallest absolute Gasteiger partial charge is 0.151 e. The summed E-state index contributed by atoms with van der Waals surface area (Å²) in [5.74, 6) is 2.98. The standard InChI is InChI=1S/C33H27NO.C32H18Cl7NO.C30H21NO/c1-33(2)28-10-6-7-11-30(28)35-31-17-16-27(22-29(31)33)23-12-14-25(15-13-23)32(24-8-4-3-5-9-24)26-18-20-34-21-19-26;1-16-10-19(34)30(20(35)11-16)29(31-21(36)14-18(33)15-22(31)37)17-12-23(38)32(24(39)13-17)40-25-6-2-4-8-27(25)41-28-9-5-3-7-26(28)40;1-2-6-22(7-3-1)30(24-16-18-31-19-17-24)23-12-10-21(11-13-23)25-14-15-27-26-8-4-5-9-28(26)32-29(27)20-25/h3-22,32H,1-2H3;2-15,29H,1H3;1-20,30H. The Morgan fingerprint density at radius 3 is 1.27 bits per heavy atom. The van der Waals surface area contributed by atoms with Gasteiger partial charge in [0.05, 0.1) is 27.1 Å². The number of hydrogen-bond donors (Lipinski definition) is 0. The summed E-state index contributed by atoms with van der Waals surface area (Å²) in [7, 11) is 0. The van der Waals surface area contributed by atoms with E-state index in [0.29, 0.717) is 69.0 Å². The molecule has 3 atom stereocenters. The highest BCUT2D eigenvalue weighted by Crippen LogP contribution is 2.56. The molecule has 0 spiro atoms. The number of aromatic nitrogens is 2. The molecule has 0 saturated carbocycles. The van der Waals surface area contributed by atoms with Crippen molar-refractivity contribution < 1.29 is 13.9 Å². The molecule has 0 fully saturated rings. The first-order valence-corrected chi connectivity index (χ1v) is 37.9. The van der Waals surface area contributed by atoms with E-state index < -0.39 is 5.92 Å². The number of para-hydroxylation sites is 6. The molecule has 528 valence electrons. The number of halogens is 7. The normalized spacial score (nSPS) is 13.2. The molecular weight excluding hydrogens is 1480 g/mol. The van der Waals surface area contributed by atoms with Crippen molar-refractivity contribution >= 4 is 120 Å². The van der Waals surface area contributed by atoms with E-state index in [4.69, 9.17) is 95.1 Å². The van der Waals surface area contributed by atoms with E-state index in [1.54, 1.807) is 12.1 Å². The molecule has 108 heavy (non-hydrogen) atoms. The predicted octanol–water partition coefficient (Wildman–Crippen LogP) is 29.5. The van der Waals surface area contributed by atoms with Crippen LogP contribution in [0.3, 0.4) is 0 Å². The molecule has 6 nitrogen and oxygen atoms in total. The average molecular weight is 1550 g/mol. The molecule has 0 saturated heterocycles. The Morgan fingerprint density at radius 1 is 0.315 bits per heavy atom. The van der Waals surface area contributed by atoms with E-state index in [1.807, 2.05) is 128 Å². The number of ether oxygens (including phenoxy) is 2. The number of benzene rings is 13. The number of furan rings is 1. The van der Waals surface area contributed by atoms with E-state index >= 15 is 0 Å². The minimum Gasteiger partial charge on any atom is -0.457 e. The fourth-order valence-electron chi connectivity index (χ4n) is 15.0. The summed E-state index contributed by atoms with van der Waals surface area (Å²) in [6.45, 7) is 6.47. The highest BCUT2D eigenvalue weighted by Gasteiger charge is 2.36. The number of hydrogen-bond acceptors (Lipinski definition) is 6. The number of rotatable bonds is 12. The van der Waals surface area contributed by atoms with Crippen LogP contribution in [0.4, 0.5) is 17.1 Å². The van der Waals surface area contributed by atoms with Crippen molar-refractivity contribution in [2.45, 2.75) is 43.9 Å². The first-order chi connectivity index (χ1) is 52.6. The fourth-order valence-corrected chi connectivity index (χ4v) is 17.5. The molecule has 3 unspecified atom stereocenters. The zero-order valence-electron chi connectivity index (χ0n) is 58.6. The van der Waals surface area contributed by atoms with Crippen LogP contribution in [0.2, 0.25) is 35.2 Å². The lowest BCUT2D eigenvalue weighted by Crippen LogP contribution is -2.24. The lowest BCUT2D eigenvalue weighted by atomic mass is 9.75. The SMILES string of the molecule is CC1(C)c2ccccc2Oc2ccc(-c3ccc(C(c4ccccc4)c4ccncc4)cc3)cc21.Cc1cc(Cl)c(C(c2cc(Cl)c(N3c4ccccc4Oc4ccccc43)c(Cl)c2)c2c(Cl)cc(Cl)cc2Cl)c(Cl)c1.c1ccc(C(c2ccncc2)c2ccc(-c3ccc4c(c3)oc3ccccc34)cc2)cc1. The first kappa shape index (κ1) is 71.6. The number of fused-ring (bicyclic) bond motifs is 7. The van der Waals surface area contributed by atoms with Gasteiger partial charge in [-0.15, -0.1) is 0 Å². The Morgan fingerprint density at radius 2 is 0.722 bits per heavy atom. The molecule has 2 aliphatic heterocycles. The van der Waals surface area contributed by atoms with Gasteiger partial charge in [0, 0.05) is 106 Å². The number of anilines is 3. The number of pyridine rings is 2. The van der Waals surface area contributed by atoms with Crippen LogP contribution in [0.5, 0.6) is 23.0 Å². The molecule has 13 aromatic carbocycles. The van der Waals surface area contributed by atoms with Crippen molar-refractivity contribution in [2.24, 2.45) is 0 Å². The minimum atomic E-state index is -0.610. The van der Waals surface area contributed by atoms with Crippen LogP contribution in [0, 0.1) is 6.92 Å².